The number of benzene rings is 2. The predicted molar refractivity (Wildman–Crippen MR) is 96.6 cm³/mol. The van der Waals surface area contributed by atoms with Crippen LogP contribution in [0.5, 0.6) is 23.0 Å². The third-order valence-electron chi connectivity index (χ3n) is 4.84. The molecule has 0 aliphatic rings. The topological polar surface area (TPSA) is 79.2 Å². The van der Waals surface area contributed by atoms with Crippen LogP contribution in [0.2, 0.25) is 0 Å². The molecule has 0 heterocycles. The molecule has 0 unspecified atom stereocenters. The van der Waals surface area contributed by atoms with Gasteiger partial charge in [0.25, 0.3) is 0 Å². The van der Waals surface area contributed by atoms with Crippen molar-refractivity contribution in [3.05, 3.63) is 47.5 Å². The highest BCUT2D eigenvalue weighted by Gasteiger charge is 2.27. The van der Waals surface area contributed by atoms with Crippen LogP contribution in [0.1, 0.15) is 30.9 Å². The Kier molecular flexibility index (Phi) is 6.15. The van der Waals surface area contributed by atoms with Gasteiger partial charge in [-0.1, -0.05) is 26.0 Å². The summed E-state index contributed by atoms with van der Waals surface area (Å²) in [5.41, 5.74) is 1.91. The number of phenols is 2. The molecule has 25 heavy (non-hydrogen) atoms. The molecule has 0 aliphatic carbocycles. The highest BCUT2D eigenvalue weighted by Crippen LogP contribution is 2.41. The molecule has 2 rings (SSSR count). The first-order chi connectivity index (χ1) is 11.9. The van der Waals surface area contributed by atoms with E-state index in [2.05, 4.69) is 6.92 Å². The maximum absolute atomic E-state index is 9.88. The monoisotopic (exact) mass is 346 g/mol. The van der Waals surface area contributed by atoms with Crippen LogP contribution in [0, 0.1) is 11.8 Å². The summed E-state index contributed by atoms with van der Waals surface area (Å²) in [5, 5.41) is 29.4. The Morgan fingerprint density at radius 1 is 0.840 bits per heavy atom. The summed E-state index contributed by atoms with van der Waals surface area (Å²) in [7, 11) is 3.02. The number of hydrogen-bond donors (Lipinski definition) is 3. The minimum atomic E-state index is -0.0638. The molecule has 2 atom stereocenters. The molecule has 5 nitrogen and oxygen atoms in total. The molecule has 2 aromatic rings. The van der Waals surface area contributed by atoms with Gasteiger partial charge in [0, 0.05) is 12.5 Å². The number of phenolic OH excluding ortho intramolecular Hbond substituents is 2. The van der Waals surface area contributed by atoms with Crippen LogP contribution >= 0.6 is 0 Å². The summed E-state index contributed by atoms with van der Waals surface area (Å²) in [6.07, 6.45) is 0. The van der Waals surface area contributed by atoms with Crippen molar-refractivity contribution in [3.63, 3.8) is 0 Å². The van der Waals surface area contributed by atoms with Crippen LogP contribution in [0.25, 0.3) is 0 Å². The number of aromatic hydroxyl groups is 2. The lowest BCUT2D eigenvalue weighted by Crippen LogP contribution is -2.21. The number of methoxy groups -OCH3 is 2. The van der Waals surface area contributed by atoms with E-state index in [1.807, 2.05) is 19.1 Å². The average Bonchev–Trinajstić information content (AvgIpc) is 2.63. The normalized spacial score (nSPS) is 13.5. The summed E-state index contributed by atoms with van der Waals surface area (Å²) in [6, 6.07) is 10.5. The zero-order valence-corrected chi connectivity index (χ0v) is 15.1. The SMILES string of the molecule is COc1cc(C(c2ccc(O)c(OC)c2)[C@H](C)[C@@H](C)CO)ccc1O. The van der Waals surface area contributed by atoms with Crippen molar-refractivity contribution in [1.82, 2.24) is 0 Å². The third kappa shape index (κ3) is 3.99. The van der Waals surface area contributed by atoms with Crippen molar-refractivity contribution < 1.29 is 24.8 Å². The van der Waals surface area contributed by atoms with Crippen LogP contribution in [0.3, 0.4) is 0 Å². The molecule has 0 saturated carbocycles. The lowest BCUT2D eigenvalue weighted by Gasteiger charge is -2.29. The minimum Gasteiger partial charge on any atom is -0.504 e. The maximum atomic E-state index is 9.88. The van der Waals surface area contributed by atoms with Crippen molar-refractivity contribution in [3.8, 4) is 23.0 Å². The smallest absolute Gasteiger partial charge is 0.160 e. The number of aliphatic hydroxyl groups is 1. The fourth-order valence-electron chi connectivity index (χ4n) is 3.07. The van der Waals surface area contributed by atoms with Crippen LogP contribution in [-0.4, -0.2) is 36.1 Å². The van der Waals surface area contributed by atoms with Gasteiger partial charge in [0.1, 0.15) is 0 Å². The van der Waals surface area contributed by atoms with Crippen LogP contribution in [0.15, 0.2) is 36.4 Å². The Balaban J connectivity index is 2.57. The van der Waals surface area contributed by atoms with Crippen molar-refractivity contribution in [2.24, 2.45) is 11.8 Å². The Bertz CT molecular complexity index is 660. The molecule has 5 heteroatoms. The van der Waals surface area contributed by atoms with Gasteiger partial charge in [-0.25, -0.2) is 0 Å². The molecular weight excluding hydrogens is 320 g/mol. The second-order valence-corrected chi connectivity index (χ2v) is 6.36. The first-order valence-electron chi connectivity index (χ1n) is 8.27. The molecule has 0 radical (unpaired) electrons. The van der Waals surface area contributed by atoms with Gasteiger partial charge in [-0.2, -0.15) is 0 Å². The van der Waals surface area contributed by atoms with E-state index in [0.717, 1.165) is 11.1 Å². The molecule has 0 aliphatic heterocycles. The van der Waals surface area contributed by atoms with Crippen molar-refractivity contribution in [2.75, 3.05) is 20.8 Å². The van der Waals surface area contributed by atoms with Gasteiger partial charge < -0.3 is 24.8 Å². The zero-order chi connectivity index (χ0) is 18.6. The van der Waals surface area contributed by atoms with Crippen molar-refractivity contribution in [1.29, 1.82) is 0 Å². The van der Waals surface area contributed by atoms with E-state index in [9.17, 15) is 15.3 Å². The molecule has 136 valence electrons. The van der Waals surface area contributed by atoms with E-state index in [4.69, 9.17) is 9.47 Å². The number of aliphatic hydroxyl groups excluding tert-OH is 1. The van der Waals surface area contributed by atoms with E-state index < -0.39 is 0 Å². The molecular formula is C20H26O5. The van der Waals surface area contributed by atoms with Gasteiger partial charge in [0.15, 0.2) is 23.0 Å². The predicted octanol–water partition coefficient (Wildman–Crippen LogP) is 3.51. The summed E-state index contributed by atoms with van der Waals surface area (Å²) in [4.78, 5) is 0. The van der Waals surface area contributed by atoms with Gasteiger partial charge >= 0.3 is 0 Å². The molecule has 2 aromatic carbocycles. The first-order valence-corrected chi connectivity index (χ1v) is 8.27. The minimum absolute atomic E-state index is 0.0598. The van der Waals surface area contributed by atoms with E-state index >= 15 is 0 Å². The third-order valence-corrected chi connectivity index (χ3v) is 4.84. The van der Waals surface area contributed by atoms with E-state index in [1.165, 1.54) is 14.2 Å². The fraction of sp³-hybridized carbons (Fsp3) is 0.400. The Labute approximate surface area is 148 Å². The van der Waals surface area contributed by atoms with Crippen LogP contribution < -0.4 is 9.47 Å². The molecule has 0 bridgehead atoms. The highest BCUT2D eigenvalue weighted by atomic mass is 16.5. The second kappa shape index (κ2) is 8.12. The molecule has 0 amide bonds. The van der Waals surface area contributed by atoms with Gasteiger partial charge in [-0.15, -0.1) is 0 Å². The van der Waals surface area contributed by atoms with Gasteiger partial charge in [-0.3, -0.25) is 0 Å². The Morgan fingerprint density at radius 3 is 1.64 bits per heavy atom. The maximum Gasteiger partial charge on any atom is 0.160 e. The molecule has 3 N–H and O–H groups in total. The fourth-order valence-corrected chi connectivity index (χ4v) is 3.07. The molecule has 0 aromatic heterocycles. The zero-order valence-electron chi connectivity index (χ0n) is 15.1. The molecule has 0 saturated heterocycles. The standard InChI is InChI=1S/C20H26O5/c1-12(11-21)13(2)20(14-5-7-16(22)18(9-14)24-3)15-6-8-17(23)19(10-15)25-4/h5-10,12-13,20-23H,11H2,1-4H3/t12-,13+/m0/s1. The number of hydrogen-bond acceptors (Lipinski definition) is 5. The summed E-state index contributed by atoms with van der Waals surface area (Å²) < 4.78 is 10.5. The Hall–Kier alpha value is -2.40. The first kappa shape index (κ1) is 18.9. The van der Waals surface area contributed by atoms with Crippen LogP contribution in [0.4, 0.5) is 0 Å². The lowest BCUT2D eigenvalue weighted by molar-refractivity contribution is 0.186. The van der Waals surface area contributed by atoms with Gasteiger partial charge in [0.2, 0.25) is 0 Å². The molecule has 0 spiro atoms. The van der Waals surface area contributed by atoms with Crippen molar-refractivity contribution >= 4 is 0 Å². The highest BCUT2D eigenvalue weighted by molar-refractivity contribution is 5.49. The largest absolute Gasteiger partial charge is 0.504 e. The lowest BCUT2D eigenvalue weighted by atomic mass is 9.76. The van der Waals surface area contributed by atoms with Crippen molar-refractivity contribution in [2.45, 2.75) is 19.8 Å². The quantitative estimate of drug-likeness (QED) is 0.715. The van der Waals surface area contributed by atoms with Gasteiger partial charge in [0.05, 0.1) is 14.2 Å². The summed E-state index contributed by atoms with van der Waals surface area (Å²) >= 11 is 0. The molecule has 0 fully saturated rings. The Morgan fingerprint density at radius 2 is 1.28 bits per heavy atom. The number of ether oxygens (including phenoxy) is 2. The van der Waals surface area contributed by atoms with Crippen LogP contribution in [-0.2, 0) is 0 Å². The van der Waals surface area contributed by atoms with Gasteiger partial charge in [-0.05, 0) is 47.2 Å². The van der Waals surface area contributed by atoms with E-state index in [1.54, 1.807) is 24.3 Å². The second-order valence-electron chi connectivity index (χ2n) is 6.36. The summed E-state index contributed by atoms with van der Waals surface area (Å²) in [5.74, 6) is 1.06. The van der Waals surface area contributed by atoms with E-state index in [0.29, 0.717) is 11.5 Å². The summed E-state index contributed by atoms with van der Waals surface area (Å²) in [6.45, 7) is 4.14. The average molecular weight is 346 g/mol. The van der Waals surface area contributed by atoms with E-state index in [-0.39, 0.29) is 35.9 Å². The number of rotatable bonds is 7.